The lowest BCUT2D eigenvalue weighted by atomic mass is 9.97. The third kappa shape index (κ3) is 5.21. The lowest BCUT2D eigenvalue weighted by Crippen LogP contribution is -2.34. The second-order valence-electron chi connectivity index (χ2n) is 5.68. The van der Waals surface area contributed by atoms with Crippen LogP contribution in [0.5, 0.6) is 0 Å². The van der Waals surface area contributed by atoms with Crippen molar-refractivity contribution in [3.8, 4) is 0 Å². The first-order valence-electron chi connectivity index (χ1n) is 7.41. The molecule has 0 aromatic heterocycles. The number of carbonyl (C=O) groups is 2. The Morgan fingerprint density at radius 1 is 1.19 bits per heavy atom. The van der Waals surface area contributed by atoms with Crippen LogP contribution in [0.1, 0.15) is 42.0 Å². The van der Waals surface area contributed by atoms with Crippen LogP contribution in [0.15, 0.2) is 12.1 Å². The summed E-state index contributed by atoms with van der Waals surface area (Å²) in [5.41, 5.74) is 4.42. The van der Waals surface area contributed by atoms with Crippen molar-refractivity contribution in [1.82, 2.24) is 5.32 Å². The number of nitrogens with one attached hydrogen (secondary N) is 1. The summed E-state index contributed by atoms with van der Waals surface area (Å²) in [6, 6.07) is 4.12. The van der Waals surface area contributed by atoms with E-state index in [-0.39, 0.29) is 12.5 Å². The van der Waals surface area contributed by atoms with Gasteiger partial charge in [0.05, 0.1) is 12.3 Å². The first-order chi connectivity index (χ1) is 9.85. The summed E-state index contributed by atoms with van der Waals surface area (Å²) in [7, 11) is 0. The average Bonchev–Trinajstić information content (AvgIpc) is 2.38. The van der Waals surface area contributed by atoms with Crippen molar-refractivity contribution in [2.75, 3.05) is 6.54 Å². The number of carboxylic acid groups (broad SMARTS) is 1. The third-order valence-electron chi connectivity index (χ3n) is 3.71. The van der Waals surface area contributed by atoms with E-state index in [4.69, 9.17) is 5.11 Å². The van der Waals surface area contributed by atoms with Crippen molar-refractivity contribution in [3.63, 3.8) is 0 Å². The van der Waals surface area contributed by atoms with E-state index in [2.05, 4.69) is 17.4 Å². The summed E-state index contributed by atoms with van der Waals surface area (Å²) in [4.78, 5) is 23.1. The molecule has 1 atom stereocenters. The van der Waals surface area contributed by atoms with Gasteiger partial charge in [0.1, 0.15) is 0 Å². The molecule has 1 aromatic carbocycles. The highest BCUT2D eigenvalue weighted by Crippen LogP contribution is 2.17. The standard InChI is InChI=1S/C17H25NO3/c1-5-6-14(17(20)21)10-18-16(19)9-15-12(3)7-11(2)8-13(15)4/h7-8,14H,5-6,9-10H2,1-4H3,(H,18,19)(H,20,21). The molecule has 0 aliphatic carbocycles. The first kappa shape index (κ1) is 17.2. The minimum Gasteiger partial charge on any atom is -0.481 e. The van der Waals surface area contributed by atoms with Gasteiger partial charge < -0.3 is 10.4 Å². The largest absolute Gasteiger partial charge is 0.481 e. The van der Waals surface area contributed by atoms with Gasteiger partial charge in [-0.2, -0.15) is 0 Å². The Hall–Kier alpha value is -1.84. The summed E-state index contributed by atoms with van der Waals surface area (Å²) in [6.45, 7) is 8.17. The Morgan fingerprint density at radius 2 is 1.76 bits per heavy atom. The van der Waals surface area contributed by atoms with Gasteiger partial charge in [-0.25, -0.2) is 0 Å². The average molecular weight is 291 g/mol. The lowest BCUT2D eigenvalue weighted by molar-refractivity contribution is -0.141. The molecule has 0 bridgehead atoms. The van der Waals surface area contributed by atoms with Gasteiger partial charge >= 0.3 is 5.97 Å². The maximum Gasteiger partial charge on any atom is 0.308 e. The molecule has 1 rings (SSSR count). The van der Waals surface area contributed by atoms with E-state index >= 15 is 0 Å². The summed E-state index contributed by atoms with van der Waals surface area (Å²) >= 11 is 0. The Labute approximate surface area is 126 Å². The molecule has 0 saturated heterocycles. The quantitative estimate of drug-likeness (QED) is 0.811. The Kier molecular flexibility index (Phi) is 6.40. The number of carboxylic acids is 1. The molecule has 0 heterocycles. The van der Waals surface area contributed by atoms with Gasteiger partial charge in [-0.15, -0.1) is 0 Å². The molecule has 0 saturated carbocycles. The summed E-state index contributed by atoms with van der Waals surface area (Å²) in [6.07, 6.45) is 1.68. The number of benzene rings is 1. The maximum absolute atomic E-state index is 12.0. The van der Waals surface area contributed by atoms with Crippen LogP contribution in [-0.2, 0) is 16.0 Å². The van der Waals surface area contributed by atoms with E-state index in [9.17, 15) is 9.59 Å². The zero-order valence-electron chi connectivity index (χ0n) is 13.3. The zero-order valence-corrected chi connectivity index (χ0v) is 13.3. The van der Waals surface area contributed by atoms with Crippen molar-refractivity contribution in [2.45, 2.75) is 47.0 Å². The summed E-state index contributed by atoms with van der Waals surface area (Å²) in [5.74, 6) is -1.47. The van der Waals surface area contributed by atoms with E-state index in [1.807, 2.05) is 27.7 Å². The highest BCUT2D eigenvalue weighted by Gasteiger charge is 2.17. The Balaban J connectivity index is 2.64. The zero-order chi connectivity index (χ0) is 16.0. The molecule has 0 spiro atoms. The van der Waals surface area contributed by atoms with Crippen molar-refractivity contribution in [1.29, 1.82) is 0 Å². The van der Waals surface area contributed by atoms with Crippen LogP contribution in [0.3, 0.4) is 0 Å². The number of hydrogen-bond donors (Lipinski definition) is 2. The van der Waals surface area contributed by atoms with Crippen molar-refractivity contribution in [2.24, 2.45) is 5.92 Å². The number of amides is 1. The molecule has 0 aliphatic heterocycles. The van der Waals surface area contributed by atoms with Crippen LogP contribution in [0, 0.1) is 26.7 Å². The number of hydrogen-bond acceptors (Lipinski definition) is 2. The number of carbonyl (C=O) groups excluding carboxylic acids is 1. The minimum absolute atomic E-state index is 0.118. The lowest BCUT2D eigenvalue weighted by Gasteiger charge is -2.14. The number of aliphatic carboxylic acids is 1. The molecule has 4 heteroatoms. The van der Waals surface area contributed by atoms with Gasteiger partial charge in [0.25, 0.3) is 0 Å². The van der Waals surface area contributed by atoms with Crippen molar-refractivity contribution >= 4 is 11.9 Å². The Bertz CT molecular complexity index is 500. The molecular weight excluding hydrogens is 266 g/mol. The maximum atomic E-state index is 12.0. The van der Waals surface area contributed by atoms with Crippen LogP contribution in [-0.4, -0.2) is 23.5 Å². The topological polar surface area (TPSA) is 66.4 Å². The van der Waals surface area contributed by atoms with Crippen molar-refractivity contribution in [3.05, 3.63) is 34.4 Å². The smallest absolute Gasteiger partial charge is 0.308 e. The Morgan fingerprint density at radius 3 is 2.24 bits per heavy atom. The fraction of sp³-hybridized carbons (Fsp3) is 0.529. The molecule has 4 nitrogen and oxygen atoms in total. The molecule has 21 heavy (non-hydrogen) atoms. The molecule has 0 fully saturated rings. The SMILES string of the molecule is CCCC(CNC(=O)Cc1c(C)cc(C)cc1C)C(=O)O. The van der Waals surface area contributed by atoms with Gasteiger partial charge in [0, 0.05) is 6.54 Å². The number of aryl methyl sites for hydroxylation is 3. The summed E-state index contributed by atoms with van der Waals surface area (Å²) < 4.78 is 0. The van der Waals surface area contributed by atoms with Gasteiger partial charge in [0.2, 0.25) is 5.91 Å². The number of rotatable bonds is 7. The highest BCUT2D eigenvalue weighted by molar-refractivity contribution is 5.80. The third-order valence-corrected chi connectivity index (χ3v) is 3.71. The fourth-order valence-corrected chi connectivity index (χ4v) is 2.61. The van der Waals surface area contributed by atoms with Gasteiger partial charge in [0.15, 0.2) is 0 Å². The van der Waals surface area contributed by atoms with Gasteiger partial charge in [-0.05, 0) is 43.9 Å². The van der Waals surface area contributed by atoms with Crippen LogP contribution in [0.25, 0.3) is 0 Å². The van der Waals surface area contributed by atoms with E-state index in [0.29, 0.717) is 12.8 Å². The molecule has 0 radical (unpaired) electrons. The van der Waals surface area contributed by atoms with Crippen LogP contribution >= 0.6 is 0 Å². The van der Waals surface area contributed by atoms with E-state index in [0.717, 1.165) is 23.1 Å². The van der Waals surface area contributed by atoms with Gasteiger partial charge in [-0.1, -0.05) is 31.0 Å². The fourth-order valence-electron chi connectivity index (χ4n) is 2.61. The van der Waals surface area contributed by atoms with Crippen LogP contribution < -0.4 is 5.32 Å². The molecule has 1 amide bonds. The molecule has 2 N–H and O–H groups in total. The predicted octanol–water partition coefficient (Wildman–Crippen LogP) is 2.77. The van der Waals surface area contributed by atoms with Gasteiger partial charge in [-0.3, -0.25) is 9.59 Å². The highest BCUT2D eigenvalue weighted by atomic mass is 16.4. The second kappa shape index (κ2) is 7.81. The van der Waals surface area contributed by atoms with Crippen LogP contribution in [0.4, 0.5) is 0 Å². The van der Waals surface area contributed by atoms with E-state index < -0.39 is 11.9 Å². The van der Waals surface area contributed by atoms with Crippen LogP contribution in [0.2, 0.25) is 0 Å². The molecule has 1 unspecified atom stereocenters. The van der Waals surface area contributed by atoms with E-state index in [1.165, 1.54) is 5.56 Å². The summed E-state index contributed by atoms with van der Waals surface area (Å²) in [5, 5.41) is 11.8. The normalized spacial score (nSPS) is 12.0. The second-order valence-corrected chi connectivity index (χ2v) is 5.68. The minimum atomic E-state index is -0.847. The molecular formula is C17H25NO3. The monoisotopic (exact) mass is 291 g/mol. The molecule has 0 aliphatic rings. The molecule has 116 valence electrons. The predicted molar refractivity (Wildman–Crippen MR) is 83.4 cm³/mol. The molecule has 1 aromatic rings. The first-order valence-corrected chi connectivity index (χ1v) is 7.41. The van der Waals surface area contributed by atoms with Crippen molar-refractivity contribution < 1.29 is 14.7 Å². The van der Waals surface area contributed by atoms with E-state index in [1.54, 1.807) is 0 Å².